The van der Waals surface area contributed by atoms with Gasteiger partial charge in [-0.15, -0.1) is 11.3 Å². The van der Waals surface area contributed by atoms with Crippen molar-refractivity contribution in [3.8, 4) is 0 Å². The molecule has 5 heteroatoms. The van der Waals surface area contributed by atoms with Crippen LogP contribution in [0.15, 0.2) is 15.9 Å². The molecule has 1 aromatic rings. The Labute approximate surface area is 120 Å². The second-order valence-corrected chi connectivity index (χ2v) is 7.61. The molecule has 3 nitrogen and oxygen atoms in total. The number of halogens is 1. The van der Waals surface area contributed by atoms with E-state index in [0.717, 1.165) is 34.6 Å². The molecule has 3 rings (SSSR count). The summed E-state index contributed by atoms with van der Waals surface area (Å²) in [5.41, 5.74) is 0. The van der Waals surface area contributed by atoms with E-state index in [9.17, 15) is 4.79 Å². The smallest absolute Gasteiger partial charge is 0.228 e. The van der Waals surface area contributed by atoms with E-state index in [1.165, 1.54) is 6.42 Å². The number of carbonyl (C=O) groups excluding carboxylic acids is 1. The fourth-order valence-electron chi connectivity index (χ4n) is 3.08. The Bertz CT molecular complexity index is 434. The van der Waals surface area contributed by atoms with E-state index < -0.39 is 0 Å². The van der Waals surface area contributed by atoms with Gasteiger partial charge in [-0.25, -0.2) is 0 Å². The molecule has 2 saturated heterocycles. The van der Waals surface area contributed by atoms with Crippen LogP contribution in [0, 0.1) is 0 Å². The maximum Gasteiger partial charge on any atom is 0.228 e. The van der Waals surface area contributed by atoms with E-state index in [0.29, 0.717) is 24.4 Å². The molecule has 1 N–H and O–H groups in total. The third kappa shape index (κ3) is 2.49. The number of amides is 1. The molecule has 2 aliphatic heterocycles. The van der Waals surface area contributed by atoms with Gasteiger partial charge in [0.15, 0.2) is 0 Å². The number of nitrogens with one attached hydrogen (secondary N) is 1. The van der Waals surface area contributed by atoms with Gasteiger partial charge in [0.2, 0.25) is 5.91 Å². The summed E-state index contributed by atoms with van der Waals surface area (Å²) in [5.74, 6) is 0.306. The zero-order valence-electron chi connectivity index (χ0n) is 10.2. The standard InChI is InChI=1S/C13H17BrN2OS/c14-12-4-3-11(18-12)7-13(17)16-9-1-2-10(16)8-15-6-5-9/h3-4,9-10,15H,1-2,5-8H2. The highest BCUT2D eigenvalue weighted by Gasteiger charge is 2.37. The minimum absolute atomic E-state index is 0.306. The van der Waals surface area contributed by atoms with E-state index in [2.05, 4.69) is 26.1 Å². The summed E-state index contributed by atoms with van der Waals surface area (Å²) in [6.07, 6.45) is 4.02. The quantitative estimate of drug-likeness (QED) is 0.904. The van der Waals surface area contributed by atoms with Crippen LogP contribution in [-0.2, 0) is 11.2 Å². The first-order chi connectivity index (χ1) is 8.74. The van der Waals surface area contributed by atoms with Crippen LogP contribution in [0.4, 0.5) is 0 Å². The molecular formula is C13H17BrN2OS. The number of carbonyl (C=O) groups is 1. The summed E-state index contributed by atoms with van der Waals surface area (Å²) < 4.78 is 1.10. The lowest BCUT2D eigenvalue weighted by atomic mass is 10.1. The third-order valence-corrected chi connectivity index (χ3v) is 5.52. The van der Waals surface area contributed by atoms with Gasteiger partial charge in [-0.1, -0.05) is 0 Å². The Morgan fingerprint density at radius 2 is 2.22 bits per heavy atom. The molecule has 2 unspecified atom stereocenters. The maximum atomic E-state index is 12.5. The van der Waals surface area contributed by atoms with Crippen molar-refractivity contribution >= 4 is 33.2 Å². The molecule has 2 bridgehead atoms. The van der Waals surface area contributed by atoms with Crippen LogP contribution >= 0.6 is 27.3 Å². The zero-order valence-corrected chi connectivity index (χ0v) is 12.6. The fourth-order valence-corrected chi connectivity index (χ4v) is 4.55. The normalized spacial score (nSPS) is 27.3. The summed E-state index contributed by atoms with van der Waals surface area (Å²) in [4.78, 5) is 15.8. The number of hydrogen-bond donors (Lipinski definition) is 1. The Balaban J connectivity index is 1.71. The lowest BCUT2D eigenvalue weighted by molar-refractivity contribution is -0.132. The summed E-state index contributed by atoms with van der Waals surface area (Å²) in [6, 6.07) is 4.96. The van der Waals surface area contributed by atoms with Crippen molar-refractivity contribution in [2.75, 3.05) is 13.1 Å². The lowest BCUT2D eigenvalue weighted by Crippen LogP contribution is -2.43. The number of fused-ring (bicyclic) bond motifs is 2. The fraction of sp³-hybridized carbons (Fsp3) is 0.615. The van der Waals surface area contributed by atoms with Gasteiger partial charge in [-0.05, 0) is 53.9 Å². The van der Waals surface area contributed by atoms with E-state index in [1.807, 2.05) is 12.1 Å². The van der Waals surface area contributed by atoms with E-state index in [1.54, 1.807) is 11.3 Å². The topological polar surface area (TPSA) is 32.3 Å². The Kier molecular flexibility index (Phi) is 3.73. The second-order valence-electron chi connectivity index (χ2n) is 5.06. The lowest BCUT2D eigenvalue weighted by Gasteiger charge is -2.27. The first-order valence-electron chi connectivity index (χ1n) is 6.50. The molecule has 2 fully saturated rings. The van der Waals surface area contributed by atoms with Crippen molar-refractivity contribution < 1.29 is 4.79 Å². The molecule has 1 aromatic heterocycles. The van der Waals surface area contributed by atoms with Gasteiger partial charge in [0.25, 0.3) is 0 Å². The SMILES string of the molecule is O=C(Cc1ccc(Br)s1)N1C2CCNCC1CC2. The van der Waals surface area contributed by atoms with Gasteiger partial charge >= 0.3 is 0 Å². The summed E-state index contributed by atoms with van der Waals surface area (Å²) >= 11 is 5.11. The van der Waals surface area contributed by atoms with E-state index >= 15 is 0 Å². The predicted octanol–water partition coefficient (Wildman–Crippen LogP) is 2.41. The van der Waals surface area contributed by atoms with Crippen LogP contribution in [0.2, 0.25) is 0 Å². The largest absolute Gasteiger partial charge is 0.335 e. The van der Waals surface area contributed by atoms with Crippen LogP contribution in [-0.4, -0.2) is 36.0 Å². The molecule has 3 heterocycles. The van der Waals surface area contributed by atoms with Crippen molar-refractivity contribution in [1.82, 2.24) is 10.2 Å². The van der Waals surface area contributed by atoms with Gasteiger partial charge in [-0.3, -0.25) is 4.79 Å². The van der Waals surface area contributed by atoms with Gasteiger partial charge in [0.1, 0.15) is 0 Å². The summed E-state index contributed by atoms with van der Waals surface area (Å²) in [7, 11) is 0. The molecule has 1 amide bonds. The van der Waals surface area contributed by atoms with Gasteiger partial charge in [0, 0.05) is 23.5 Å². The average Bonchev–Trinajstić information content (AvgIpc) is 2.81. The molecule has 0 spiro atoms. The van der Waals surface area contributed by atoms with Gasteiger partial charge < -0.3 is 10.2 Å². The van der Waals surface area contributed by atoms with Gasteiger partial charge in [0.05, 0.1) is 10.2 Å². The first kappa shape index (κ1) is 12.6. The van der Waals surface area contributed by atoms with Crippen LogP contribution in [0.1, 0.15) is 24.1 Å². The Morgan fingerprint density at radius 3 is 3.00 bits per heavy atom. The van der Waals surface area contributed by atoms with Crippen molar-refractivity contribution in [2.45, 2.75) is 37.8 Å². The molecule has 2 aliphatic rings. The maximum absolute atomic E-state index is 12.5. The molecule has 98 valence electrons. The number of nitrogens with zero attached hydrogens (tertiary/aromatic N) is 1. The first-order valence-corrected chi connectivity index (χ1v) is 8.11. The van der Waals surface area contributed by atoms with E-state index in [4.69, 9.17) is 0 Å². The molecule has 0 radical (unpaired) electrons. The number of rotatable bonds is 2. The highest BCUT2D eigenvalue weighted by atomic mass is 79.9. The Hall–Kier alpha value is -0.390. The molecule has 0 saturated carbocycles. The van der Waals surface area contributed by atoms with Crippen molar-refractivity contribution in [3.63, 3.8) is 0 Å². The number of hydrogen-bond acceptors (Lipinski definition) is 3. The van der Waals surface area contributed by atoms with Crippen LogP contribution in [0.25, 0.3) is 0 Å². The van der Waals surface area contributed by atoms with Crippen LogP contribution < -0.4 is 5.32 Å². The van der Waals surface area contributed by atoms with E-state index in [-0.39, 0.29) is 0 Å². The highest BCUT2D eigenvalue weighted by molar-refractivity contribution is 9.11. The van der Waals surface area contributed by atoms with Crippen molar-refractivity contribution in [2.24, 2.45) is 0 Å². The van der Waals surface area contributed by atoms with Gasteiger partial charge in [-0.2, -0.15) is 0 Å². The van der Waals surface area contributed by atoms with Crippen molar-refractivity contribution in [3.05, 3.63) is 20.8 Å². The molecule has 0 aliphatic carbocycles. The van der Waals surface area contributed by atoms with Crippen LogP contribution in [0.3, 0.4) is 0 Å². The predicted molar refractivity (Wildman–Crippen MR) is 76.9 cm³/mol. The summed E-state index contributed by atoms with van der Waals surface area (Å²) in [5, 5.41) is 3.43. The Morgan fingerprint density at radius 1 is 1.39 bits per heavy atom. The van der Waals surface area contributed by atoms with Crippen LogP contribution in [0.5, 0.6) is 0 Å². The minimum atomic E-state index is 0.306. The molecular weight excluding hydrogens is 312 g/mol. The molecule has 0 aromatic carbocycles. The summed E-state index contributed by atoms with van der Waals surface area (Å²) in [6.45, 7) is 2.02. The number of thiophene rings is 1. The molecule has 18 heavy (non-hydrogen) atoms. The monoisotopic (exact) mass is 328 g/mol. The molecule has 2 atom stereocenters. The van der Waals surface area contributed by atoms with Crippen molar-refractivity contribution in [1.29, 1.82) is 0 Å². The minimum Gasteiger partial charge on any atom is -0.335 e. The zero-order chi connectivity index (χ0) is 12.5. The highest BCUT2D eigenvalue weighted by Crippen LogP contribution is 2.30. The second kappa shape index (κ2) is 5.31. The third-order valence-electron chi connectivity index (χ3n) is 3.90. The average molecular weight is 329 g/mol.